The van der Waals surface area contributed by atoms with Gasteiger partial charge in [-0.05, 0) is 6.07 Å². The molecule has 0 aliphatic heterocycles. The van der Waals surface area contributed by atoms with Crippen molar-refractivity contribution in [1.29, 1.82) is 0 Å². The number of hydrogen-bond donors (Lipinski definition) is 2. The molecule has 0 atom stereocenters. The lowest BCUT2D eigenvalue weighted by molar-refractivity contribution is 0.102. The number of carbonyl (C=O) groups excluding carboxylic acids is 1. The quantitative estimate of drug-likeness (QED) is 0.501. The number of anilines is 1. The van der Waals surface area contributed by atoms with Crippen LogP contribution in [0.25, 0.3) is 0 Å². The van der Waals surface area contributed by atoms with Crippen LogP contribution in [0, 0.1) is 0 Å². The van der Waals surface area contributed by atoms with Crippen LogP contribution < -0.4 is 15.8 Å². The number of aromatic nitrogens is 4. The number of carbonyl (C=O) groups is 1. The number of rotatable bonds is 6. The second-order valence-corrected chi connectivity index (χ2v) is 5.59. The Balaban J connectivity index is 1.87. The molecule has 11 heteroatoms. The van der Waals surface area contributed by atoms with E-state index in [1.807, 2.05) is 0 Å². The third kappa shape index (κ3) is 4.13. The van der Waals surface area contributed by atoms with Crippen LogP contribution in [0.15, 0.2) is 41.4 Å². The van der Waals surface area contributed by atoms with E-state index in [-0.39, 0.29) is 28.0 Å². The highest BCUT2D eigenvalue weighted by Gasteiger charge is 2.16. The van der Waals surface area contributed by atoms with E-state index in [4.69, 9.17) is 10.5 Å². The van der Waals surface area contributed by atoms with E-state index in [0.29, 0.717) is 5.75 Å². The molecule has 0 aromatic carbocycles. The maximum atomic E-state index is 12.6. The van der Waals surface area contributed by atoms with Gasteiger partial charge in [0.25, 0.3) is 5.91 Å². The number of halogens is 1. The van der Waals surface area contributed by atoms with Gasteiger partial charge in [0.1, 0.15) is 18.8 Å². The zero-order chi connectivity index (χ0) is 18.4. The number of nitrogens with two attached hydrogens (primary N) is 1. The molecule has 1 amide bonds. The Hall–Kier alpha value is -3.47. The molecule has 0 aliphatic carbocycles. The Morgan fingerprint density at radius 2 is 2.15 bits per heavy atom. The minimum Gasteiger partial charge on any atom is -0.452 e. The fraction of sp³-hybridized carbons (Fsp3) is 0.0667. The van der Waals surface area contributed by atoms with Crippen LogP contribution >= 0.6 is 11.3 Å². The topological polar surface area (TPSA) is 128 Å². The lowest BCUT2D eigenvalue weighted by Crippen LogP contribution is -2.13. The Morgan fingerprint density at radius 3 is 2.85 bits per heavy atom. The summed E-state index contributed by atoms with van der Waals surface area (Å²) in [5.74, 6) is 0.226. The molecule has 3 N–H and O–H groups in total. The molecule has 0 aliphatic rings. The average molecular weight is 373 g/mol. The van der Waals surface area contributed by atoms with E-state index in [1.54, 1.807) is 0 Å². The smallest absolute Gasteiger partial charge is 0.261 e. The molecule has 0 saturated carbocycles. The Labute approximate surface area is 150 Å². The van der Waals surface area contributed by atoms with E-state index in [1.165, 1.54) is 36.4 Å². The summed E-state index contributed by atoms with van der Waals surface area (Å²) in [5, 5.41) is 4.34. The molecule has 26 heavy (non-hydrogen) atoms. The summed E-state index contributed by atoms with van der Waals surface area (Å²) in [6, 6.07) is 1.45. The highest BCUT2D eigenvalue weighted by molar-refractivity contribution is 7.14. The van der Waals surface area contributed by atoms with Crippen molar-refractivity contribution in [3.8, 4) is 11.5 Å². The molecule has 3 aromatic rings. The van der Waals surface area contributed by atoms with E-state index in [2.05, 4.69) is 30.2 Å². The van der Waals surface area contributed by atoms with Gasteiger partial charge in [0.2, 0.25) is 0 Å². The van der Waals surface area contributed by atoms with Crippen molar-refractivity contribution in [2.24, 2.45) is 10.7 Å². The third-order valence-corrected chi connectivity index (χ3v) is 3.77. The van der Waals surface area contributed by atoms with Crippen LogP contribution in [0.5, 0.6) is 11.5 Å². The number of alkyl halides is 1. The van der Waals surface area contributed by atoms with Crippen molar-refractivity contribution < 1.29 is 13.9 Å². The predicted molar refractivity (Wildman–Crippen MR) is 93.6 cm³/mol. The molecular formula is C15H12FN7O2S. The average Bonchev–Trinajstić information content (AvgIpc) is 3.11. The number of pyridine rings is 1. The van der Waals surface area contributed by atoms with Gasteiger partial charge < -0.3 is 10.5 Å². The van der Waals surface area contributed by atoms with E-state index in [0.717, 1.165) is 17.7 Å². The maximum Gasteiger partial charge on any atom is 0.261 e. The van der Waals surface area contributed by atoms with E-state index >= 15 is 0 Å². The molecule has 3 rings (SSSR count). The Kier molecular flexibility index (Phi) is 5.39. The first-order chi connectivity index (χ1) is 12.7. The summed E-state index contributed by atoms with van der Waals surface area (Å²) in [6.07, 6.45) is 6.70. The van der Waals surface area contributed by atoms with Gasteiger partial charge in [-0.1, -0.05) is 0 Å². The minimum atomic E-state index is -0.709. The van der Waals surface area contributed by atoms with Gasteiger partial charge in [-0.15, -0.1) is 11.3 Å². The number of hydrogen-bond acceptors (Lipinski definition) is 8. The maximum absolute atomic E-state index is 12.6. The number of nitrogens with one attached hydrogen (secondary N) is 1. The van der Waals surface area contributed by atoms with Crippen molar-refractivity contribution in [3.05, 3.63) is 47.6 Å². The summed E-state index contributed by atoms with van der Waals surface area (Å²) in [5.41, 5.74) is 5.65. The Morgan fingerprint density at radius 1 is 1.35 bits per heavy atom. The first kappa shape index (κ1) is 17.4. The van der Waals surface area contributed by atoms with Crippen molar-refractivity contribution in [3.63, 3.8) is 0 Å². The van der Waals surface area contributed by atoms with Gasteiger partial charge in [-0.25, -0.2) is 29.3 Å². The molecule has 0 saturated heterocycles. The normalized spacial score (nSPS) is 10.8. The number of ether oxygens (including phenoxy) is 1. The van der Waals surface area contributed by atoms with Crippen LogP contribution in [-0.2, 0) is 6.67 Å². The van der Waals surface area contributed by atoms with Gasteiger partial charge >= 0.3 is 0 Å². The molecule has 3 aromatic heterocycles. The number of nitrogens with zero attached hydrogens (tertiary/aromatic N) is 5. The molecule has 132 valence electrons. The van der Waals surface area contributed by atoms with Gasteiger partial charge in [0.15, 0.2) is 16.7 Å². The zero-order valence-electron chi connectivity index (χ0n) is 13.2. The van der Waals surface area contributed by atoms with Gasteiger partial charge in [0, 0.05) is 5.38 Å². The van der Waals surface area contributed by atoms with Crippen molar-refractivity contribution >= 4 is 34.5 Å². The summed E-state index contributed by atoms with van der Waals surface area (Å²) >= 11 is 1.11. The number of aliphatic imine (C=N–C) groups is 1. The standard InChI is InChI=1S/C15H12FN7O2S/c16-2-9-6-26-15(22-9)23-14(24)12-1-10(5-20-13(12)21-7-17)25-11-3-18-8-19-4-11/h1,3-8H,2H2,(H2,17,20,21)(H,22,23,24). The van der Waals surface area contributed by atoms with Crippen molar-refractivity contribution in [2.45, 2.75) is 6.67 Å². The second-order valence-electron chi connectivity index (χ2n) is 4.73. The lowest BCUT2D eigenvalue weighted by Gasteiger charge is -2.08. The fourth-order valence-corrected chi connectivity index (χ4v) is 2.58. The second kappa shape index (κ2) is 8.07. The first-order valence-corrected chi connectivity index (χ1v) is 8.06. The monoisotopic (exact) mass is 373 g/mol. The van der Waals surface area contributed by atoms with Gasteiger partial charge in [0.05, 0.1) is 36.2 Å². The number of amides is 1. The number of thiazole rings is 1. The van der Waals surface area contributed by atoms with Crippen LogP contribution in [0.3, 0.4) is 0 Å². The highest BCUT2D eigenvalue weighted by atomic mass is 32.1. The van der Waals surface area contributed by atoms with Crippen molar-refractivity contribution in [2.75, 3.05) is 5.32 Å². The first-order valence-electron chi connectivity index (χ1n) is 7.18. The molecule has 0 bridgehead atoms. The van der Waals surface area contributed by atoms with Gasteiger partial charge in [-0.3, -0.25) is 10.1 Å². The molecule has 9 nitrogen and oxygen atoms in total. The van der Waals surface area contributed by atoms with E-state index < -0.39 is 12.6 Å². The predicted octanol–water partition coefficient (Wildman–Crippen LogP) is 2.46. The molecule has 0 spiro atoms. The summed E-state index contributed by atoms with van der Waals surface area (Å²) < 4.78 is 18.1. The summed E-state index contributed by atoms with van der Waals surface area (Å²) in [4.78, 5) is 32.1. The summed E-state index contributed by atoms with van der Waals surface area (Å²) in [6.45, 7) is -0.709. The highest BCUT2D eigenvalue weighted by Crippen LogP contribution is 2.26. The minimum absolute atomic E-state index is 0.101. The largest absolute Gasteiger partial charge is 0.452 e. The molecule has 0 unspecified atom stereocenters. The summed E-state index contributed by atoms with van der Waals surface area (Å²) in [7, 11) is 0. The Bertz CT molecular complexity index is 933. The van der Waals surface area contributed by atoms with Crippen LogP contribution in [0.4, 0.5) is 15.3 Å². The van der Waals surface area contributed by atoms with E-state index in [9.17, 15) is 9.18 Å². The molecule has 3 heterocycles. The van der Waals surface area contributed by atoms with Gasteiger partial charge in [-0.2, -0.15) is 0 Å². The van der Waals surface area contributed by atoms with Crippen LogP contribution in [0.1, 0.15) is 16.1 Å². The molecule has 0 fully saturated rings. The third-order valence-electron chi connectivity index (χ3n) is 2.96. The van der Waals surface area contributed by atoms with Crippen LogP contribution in [0.2, 0.25) is 0 Å². The fourth-order valence-electron chi connectivity index (χ4n) is 1.90. The SMILES string of the molecule is N/C=N\c1ncc(Oc2cncnc2)cc1C(=O)Nc1nc(CF)cs1. The van der Waals surface area contributed by atoms with Crippen LogP contribution in [-0.4, -0.2) is 32.2 Å². The molecular weight excluding hydrogens is 361 g/mol. The zero-order valence-corrected chi connectivity index (χ0v) is 14.0. The van der Waals surface area contributed by atoms with Crippen molar-refractivity contribution in [1.82, 2.24) is 19.9 Å². The lowest BCUT2D eigenvalue weighted by atomic mass is 10.2. The molecule has 0 radical (unpaired) electrons.